The average Bonchev–Trinajstić information content (AvgIpc) is 2.78. The van der Waals surface area contributed by atoms with Crippen molar-refractivity contribution in [2.75, 3.05) is 18.9 Å². The summed E-state index contributed by atoms with van der Waals surface area (Å²) in [4.78, 5) is 12.7. The molecule has 0 aliphatic carbocycles. The fraction of sp³-hybridized carbons (Fsp3) is 0.208. The number of amides is 1. The van der Waals surface area contributed by atoms with Crippen molar-refractivity contribution in [3.63, 3.8) is 0 Å². The second-order valence-electron chi connectivity index (χ2n) is 7.43. The standard InChI is InChI=1S/C24H25ClN2O5S/c1-15-6-5-7-19(12-15)27-33(29,30)23-14-18(8-10-20(23)25)24(28)26-16(2)17-9-11-21(31-3)22(13-17)32-4/h5-14,16,27H,1-4H3,(H,26,28)/t16-/m1/s1. The molecule has 0 radical (unpaired) electrons. The van der Waals surface area contributed by atoms with Crippen molar-refractivity contribution in [1.29, 1.82) is 0 Å². The van der Waals surface area contributed by atoms with E-state index in [1.165, 1.54) is 25.3 Å². The molecule has 0 bridgehead atoms. The topological polar surface area (TPSA) is 93.7 Å². The fourth-order valence-electron chi connectivity index (χ4n) is 3.25. The second kappa shape index (κ2) is 10.1. The number of carbonyl (C=O) groups excluding carboxylic acids is 1. The number of sulfonamides is 1. The Morgan fingerprint density at radius 2 is 1.70 bits per heavy atom. The van der Waals surface area contributed by atoms with E-state index in [0.29, 0.717) is 17.2 Å². The highest BCUT2D eigenvalue weighted by Crippen LogP contribution is 2.30. The molecule has 0 aliphatic rings. The molecule has 0 heterocycles. The van der Waals surface area contributed by atoms with Crippen LogP contribution < -0.4 is 19.5 Å². The minimum absolute atomic E-state index is 0.0136. The van der Waals surface area contributed by atoms with Gasteiger partial charge in [0.25, 0.3) is 15.9 Å². The van der Waals surface area contributed by atoms with Gasteiger partial charge in [-0.25, -0.2) is 8.42 Å². The van der Waals surface area contributed by atoms with E-state index in [9.17, 15) is 13.2 Å². The van der Waals surface area contributed by atoms with E-state index < -0.39 is 15.9 Å². The number of halogens is 1. The third-order valence-corrected chi connectivity index (χ3v) is 6.87. The zero-order chi connectivity index (χ0) is 24.2. The fourth-order valence-corrected chi connectivity index (χ4v) is 4.83. The van der Waals surface area contributed by atoms with Crippen molar-refractivity contribution in [2.45, 2.75) is 24.8 Å². The van der Waals surface area contributed by atoms with Crippen molar-refractivity contribution < 1.29 is 22.7 Å². The number of ether oxygens (including phenoxy) is 2. The first kappa shape index (κ1) is 24.4. The summed E-state index contributed by atoms with van der Waals surface area (Å²) in [6.07, 6.45) is 0. The number of carbonyl (C=O) groups is 1. The molecule has 3 rings (SSSR count). The van der Waals surface area contributed by atoms with Crippen LogP contribution in [0, 0.1) is 6.92 Å². The molecule has 1 atom stereocenters. The van der Waals surface area contributed by atoms with Crippen molar-refractivity contribution in [1.82, 2.24) is 5.32 Å². The van der Waals surface area contributed by atoms with Crippen LogP contribution in [0.4, 0.5) is 5.69 Å². The number of hydrogen-bond acceptors (Lipinski definition) is 5. The van der Waals surface area contributed by atoms with Crippen molar-refractivity contribution in [2.24, 2.45) is 0 Å². The van der Waals surface area contributed by atoms with E-state index in [0.717, 1.165) is 11.1 Å². The number of hydrogen-bond donors (Lipinski definition) is 2. The molecule has 9 heteroatoms. The molecule has 7 nitrogen and oxygen atoms in total. The average molecular weight is 489 g/mol. The first-order valence-corrected chi connectivity index (χ1v) is 11.9. The number of anilines is 1. The van der Waals surface area contributed by atoms with Crippen LogP contribution in [0.3, 0.4) is 0 Å². The molecule has 0 unspecified atom stereocenters. The summed E-state index contributed by atoms with van der Waals surface area (Å²) in [5, 5.41) is 2.88. The lowest BCUT2D eigenvalue weighted by molar-refractivity contribution is 0.0939. The van der Waals surface area contributed by atoms with Crippen LogP contribution >= 0.6 is 11.6 Å². The summed E-state index contributed by atoms with van der Waals surface area (Å²) in [6, 6.07) is 16.0. The Morgan fingerprint density at radius 1 is 0.970 bits per heavy atom. The molecular formula is C24H25ClN2O5S. The highest BCUT2D eigenvalue weighted by atomic mass is 35.5. The lowest BCUT2D eigenvalue weighted by atomic mass is 10.1. The van der Waals surface area contributed by atoms with E-state index in [2.05, 4.69) is 10.0 Å². The van der Waals surface area contributed by atoms with Gasteiger partial charge in [-0.05, 0) is 67.4 Å². The Bertz CT molecular complexity index is 1280. The summed E-state index contributed by atoms with van der Waals surface area (Å²) < 4.78 is 38.9. The molecule has 0 aliphatic heterocycles. The highest BCUT2D eigenvalue weighted by molar-refractivity contribution is 7.92. The Hall–Kier alpha value is -3.23. The van der Waals surface area contributed by atoms with Crippen LogP contribution in [0.25, 0.3) is 0 Å². The lowest BCUT2D eigenvalue weighted by Crippen LogP contribution is -2.27. The maximum atomic E-state index is 12.9. The van der Waals surface area contributed by atoms with Gasteiger partial charge < -0.3 is 14.8 Å². The maximum Gasteiger partial charge on any atom is 0.263 e. The van der Waals surface area contributed by atoms with Gasteiger partial charge in [0.1, 0.15) is 4.90 Å². The van der Waals surface area contributed by atoms with Crippen LogP contribution in [-0.2, 0) is 10.0 Å². The molecule has 0 aromatic heterocycles. The predicted molar refractivity (Wildman–Crippen MR) is 129 cm³/mol. The predicted octanol–water partition coefficient (Wildman–Crippen LogP) is 4.96. The normalized spacial score (nSPS) is 12.0. The van der Waals surface area contributed by atoms with Gasteiger partial charge in [-0.2, -0.15) is 0 Å². The van der Waals surface area contributed by atoms with Gasteiger partial charge in [0, 0.05) is 11.3 Å². The summed E-state index contributed by atoms with van der Waals surface area (Å²) in [5.74, 6) is 0.674. The quantitative estimate of drug-likeness (QED) is 0.467. The van der Waals surface area contributed by atoms with Gasteiger partial charge in [-0.1, -0.05) is 29.8 Å². The molecule has 3 aromatic rings. The maximum absolute atomic E-state index is 12.9. The number of rotatable bonds is 8. The van der Waals surface area contributed by atoms with Gasteiger partial charge in [-0.3, -0.25) is 9.52 Å². The van der Waals surface area contributed by atoms with E-state index in [1.54, 1.807) is 37.4 Å². The molecule has 0 spiro atoms. The van der Waals surface area contributed by atoms with E-state index >= 15 is 0 Å². The molecule has 0 saturated carbocycles. The molecular weight excluding hydrogens is 464 g/mol. The van der Waals surface area contributed by atoms with E-state index in [4.69, 9.17) is 21.1 Å². The zero-order valence-electron chi connectivity index (χ0n) is 18.7. The number of aryl methyl sites for hydroxylation is 1. The number of nitrogens with one attached hydrogen (secondary N) is 2. The minimum Gasteiger partial charge on any atom is -0.493 e. The van der Waals surface area contributed by atoms with Crippen LogP contribution in [0.2, 0.25) is 5.02 Å². The van der Waals surface area contributed by atoms with Gasteiger partial charge >= 0.3 is 0 Å². The molecule has 174 valence electrons. The molecule has 1 amide bonds. The summed E-state index contributed by atoms with van der Waals surface area (Å²) in [6.45, 7) is 3.67. The first-order chi connectivity index (χ1) is 15.6. The highest BCUT2D eigenvalue weighted by Gasteiger charge is 2.21. The first-order valence-electron chi connectivity index (χ1n) is 10.1. The summed E-state index contributed by atoms with van der Waals surface area (Å²) in [5.41, 5.74) is 2.27. The van der Waals surface area contributed by atoms with Gasteiger partial charge in [0.2, 0.25) is 0 Å². The zero-order valence-corrected chi connectivity index (χ0v) is 20.3. The molecule has 0 saturated heterocycles. The largest absolute Gasteiger partial charge is 0.493 e. The Kier molecular flexibility index (Phi) is 7.50. The van der Waals surface area contributed by atoms with Crippen LogP contribution in [0.1, 0.15) is 34.5 Å². The van der Waals surface area contributed by atoms with E-state index in [1.807, 2.05) is 26.0 Å². The molecule has 33 heavy (non-hydrogen) atoms. The second-order valence-corrected chi connectivity index (χ2v) is 9.49. The Balaban J connectivity index is 1.83. The van der Waals surface area contributed by atoms with Crippen LogP contribution in [0.15, 0.2) is 65.6 Å². The Morgan fingerprint density at radius 3 is 2.36 bits per heavy atom. The summed E-state index contributed by atoms with van der Waals surface area (Å²) in [7, 11) is -0.929. The smallest absolute Gasteiger partial charge is 0.263 e. The third-order valence-electron chi connectivity index (χ3n) is 5.01. The third kappa shape index (κ3) is 5.77. The molecule has 3 aromatic carbocycles. The SMILES string of the molecule is COc1ccc([C@@H](C)NC(=O)c2ccc(Cl)c(S(=O)(=O)Nc3cccc(C)c3)c2)cc1OC. The monoisotopic (exact) mass is 488 g/mol. The molecule has 0 fully saturated rings. The van der Waals surface area contributed by atoms with Gasteiger partial charge in [-0.15, -0.1) is 0 Å². The van der Waals surface area contributed by atoms with Crippen molar-refractivity contribution in [3.8, 4) is 11.5 Å². The Labute approximate surface area is 198 Å². The van der Waals surface area contributed by atoms with Crippen LogP contribution in [0.5, 0.6) is 11.5 Å². The van der Waals surface area contributed by atoms with Crippen molar-refractivity contribution >= 4 is 33.2 Å². The van der Waals surface area contributed by atoms with Gasteiger partial charge in [0.05, 0.1) is 25.3 Å². The van der Waals surface area contributed by atoms with Crippen molar-refractivity contribution in [3.05, 3.63) is 82.4 Å². The lowest BCUT2D eigenvalue weighted by Gasteiger charge is -2.17. The van der Waals surface area contributed by atoms with Crippen LogP contribution in [-0.4, -0.2) is 28.5 Å². The van der Waals surface area contributed by atoms with Gasteiger partial charge in [0.15, 0.2) is 11.5 Å². The minimum atomic E-state index is -4.01. The molecule has 2 N–H and O–H groups in total. The summed E-state index contributed by atoms with van der Waals surface area (Å²) >= 11 is 6.17. The number of methoxy groups -OCH3 is 2. The van der Waals surface area contributed by atoms with E-state index in [-0.39, 0.29) is 21.5 Å². The number of benzene rings is 3.